The van der Waals surface area contributed by atoms with Crippen molar-refractivity contribution in [1.29, 1.82) is 0 Å². The molecule has 0 unspecified atom stereocenters. The van der Waals surface area contributed by atoms with Crippen molar-refractivity contribution in [3.63, 3.8) is 0 Å². The van der Waals surface area contributed by atoms with Gasteiger partial charge in [0.05, 0.1) is 0 Å². The summed E-state index contributed by atoms with van der Waals surface area (Å²) in [5, 5.41) is 0. The minimum atomic E-state index is 0.834. The summed E-state index contributed by atoms with van der Waals surface area (Å²) in [6.45, 7) is 2.02. The first-order chi connectivity index (χ1) is 6.75. The van der Waals surface area contributed by atoms with Crippen LogP contribution >= 0.6 is 12.2 Å². The summed E-state index contributed by atoms with van der Waals surface area (Å²) in [6.07, 6.45) is 5.51. The van der Waals surface area contributed by atoms with Gasteiger partial charge in [0.2, 0.25) is 0 Å². The lowest BCUT2D eigenvalue weighted by Gasteiger charge is -2.01. The first-order valence-corrected chi connectivity index (χ1v) is 4.77. The molecule has 0 fully saturated rings. The highest BCUT2D eigenvalue weighted by Gasteiger charge is 1.97. The van der Waals surface area contributed by atoms with E-state index in [1.807, 2.05) is 37.6 Å². The van der Waals surface area contributed by atoms with E-state index in [9.17, 15) is 0 Å². The van der Waals surface area contributed by atoms with Crippen molar-refractivity contribution >= 4 is 12.2 Å². The van der Waals surface area contributed by atoms with Crippen LogP contribution in [0.1, 0.15) is 5.56 Å². The number of nitrogens with zero attached hydrogens (tertiary/aromatic N) is 1. The molecule has 0 saturated carbocycles. The molecule has 2 aromatic heterocycles. The maximum absolute atomic E-state index is 5.09. The molecular weight excluding hydrogens is 192 g/mol. The van der Waals surface area contributed by atoms with Gasteiger partial charge in [-0.15, -0.1) is 0 Å². The molecule has 0 spiro atoms. The van der Waals surface area contributed by atoms with E-state index in [2.05, 4.69) is 16.0 Å². The van der Waals surface area contributed by atoms with Crippen LogP contribution in [0, 0.1) is 11.4 Å². The Morgan fingerprint density at radius 3 is 2.86 bits per heavy atom. The number of nitrogens with one attached hydrogen (secondary N) is 1. The fraction of sp³-hybridized carbons (Fsp3) is 0.0909. The van der Waals surface area contributed by atoms with Gasteiger partial charge in [-0.2, -0.15) is 0 Å². The first kappa shape index (κ1) is 9.09. The van der Waals surface area contributed by atoms with Gasteiger partial charge in [0.25, 0.3) is 0 Å². The smallest absolute Gasteiger partial charge is 0.0483 e. The van der Waals surface area contributed by atoms with E-state index in [-0.39, 0.29) is 0 Å². The van der Waals surface area contributed by atoms with E-state index in [0.717, 1.165) is 21.3 Å². The number of aromatic amines is 1. The van der Waals surface area contributed by atoms with Crippen LogP contribution in [-0.4, -0.2) is 9.97 Å². The van der Waals surface area contributed by atoms with Gasteiger partial charge in [0, 0.05) is 34.4 Å². The van der Waals surface area contributed by atoms with Crippen LogP contribution in [0.3, 0.4) is 0 Å². The zero-order chi connectivity index (χ0) is 9.97. The number of H-pyrrole nitrogens is 1. The summed E-state index contributed by atoms with van der Waals surface area (Å²) in [7, 11) is 0. The quantitative estimate of drug-likeness (QED) is 0.720. The summed E-state index contributed by atoms with van der Waals surface area (Å²) in [5.41, 5.74) is 3.22. The zero-order valence-electron chi connectivity index (χ0n) is 7.82. The van der Waals surface area contributed by atoms with E-state index in [1.54, 1.807) is 0 Å². The Balaban J connectivity index is 2.55. The lowest BCUT2D eigenvalue weighted by molar-refractivity contribution is 1.24. The Morgan fingerprint density at radius 1 is 1.29 bits per heavy atom. The summed E-state index contributed by atoms with van der Waals surface area (Å²) in [6, 6.07) is 5.88. The van der Waals surface area contributed by atoms with Gasteiger partial charge in [-0.05, 0) is 30.7 Å². The third kappa shape index (κ3) is 1.88. The van der Waals surface area contributed by atoms with Crippen molar-refractivity contribution in [2.45, 2.75) is 6.92 Å². The third-order valence-electron chi connectivity index (χ3n) is 1.96. The summed E-state index contributed by atoms with van der Waals surface area (Å²) < 4.78 is 0.834. The molecule has 14 heavy (non-hydrogen) atoms. The molecule has 2 heterocycles. The Bertz CT molecular complexity index is 502. The largest absolute Gasteiger partial charge is 0.361 e. The second kappa shape index (κ2) is 3.72. The fourth-order valence-corrected chi connectivity index (χ4v) is 1.50. The molecule has 0 radical (unpaired) electrons. The predicted octanol–water partition coefficient (Wildman–Crippen LogP) is 3.11. The van der Waals surface area contributed by atoms with Gasteiger partial charge >= 0.3 is 0 Å². The van der Waals surface area contributed by atoms with Crippen LogP contribution < -0.4 is 0 Å². The molecule has 0 bridgehead atoms. The standard InChI is InChI=1S/C11H10N2S/c1-8-4-9(7-12-6-8)11-5-10(14)2-3-13-11/h2-7H,1H3,(H,13,14). The lowest BCUT2D eigenvalue weighted by Crippen LogP contribution is -1.85. The maximum Gasteiger partial charge on any atom is 0.0483 e. The number of hydrogen-bond acceptors (Lipinski definition) is 2. The molecule has 70 valence electrons. The van der Waals surface area contributed by atoms with Gasteiger partial charge in [0.1, 0.15) is 0 Å². The minimum absolute atomic E-state index is 0.834. The topological polar surface area (TPSA) is 28.7 Å². The van der Waals surface area contributed by atoms with Gasteiger partial charge in [-0.3, -0.25) is 4.98 Å². The maximum atomic E-state index is 5.09. The van der Waals surface area contributed by atoms with Crippen molar-refractivity contribution in [3.8, 4) is 11.3 Å². The van der Waals surface area contributed by atoms with Crippen LogP contribution in [0.4, 0.5) is 0 Å². The predicted molar refractivity (Wildman–Crippen MR) is 59.6 cm³/mol. The Labute approximate surface area is 87.7 Å². The molecule has 0 aliphatic rings. The highest BCUT2D eigenvalue weighted by Crippen LogP contribution is 2.16. The minimum Gasteiger partial charge on any atom is -0.361 e. The molecule has 2 rings (SSSR count). The Kier molecular flexibility index (Phi) is 2.41. The van der Waals surface area contributed by atoms with Gasteiger partial charge in [-0.1, -0.05) is 12.2 Å². The van der Waals surface area contributed by atoms with Gasteiger partial charge in [-0.25, -0.2) is 0 Å². The average Bonchev–Trinajstić information content (AvgIpc) is 2.18. The Morgan fingerprint density at radius 2 is 2.14 bits per heavy atom. The number of aryl methyl sites for hydroxylation is 1. The molecule has 0 saturated heterocycles. The molecule has 2 nitrogen and oxygen atoms in total. The molecule has 0 atom stereocenters. The molecule has 0 aromatic carbocycles. The highest BCUT2D eigenvalue weighted by molar-refractivity contribution is 7.71. The normalized spacial score (nSPS) is 10.1. The van der Waals surface area contributed by atoms with Gasteiger partial charge in [0.15, 0.2) is 0 Å². The van der Waals surface area contributed by atoms with Crippen LogP contribution in [-0.2, 0) is 0 Å². The van der Waals surface area contributed by atoms with Crippen molar-refractivity contribution in [2.24, 2.45) is 0 Å². The van der Waals surface area contributed by atoms with Crippen molar-refractivity contribution in [1.82, 2.24) is 9.97 Å². The van der Waals surface area contributed by atoms with E-state index in [0.29, 0.717) is 0 Å². The second-order valence-electron chi connectivity index (χ2n) is 3.19. The van der Waals surface area contributed by atoms with E-state index in [1.165, 1.54) is 0 Å². The fourth-order valence-electron chi connectivity index (χ4n) is 1.31. The van der Waals surface area contributed by atoms with Crippen molar-refractivity contribution in [2.75, 3.05) is 0 Å². The first-order valence-electron chi connectivity index (χ1n) is 4.36. The third-order valence-corrected chi connectivity index (χ3v) is 2.21. The van der Waals surface area contributed by atoms with Crippen LogP contribution in [0.5, 0.6) is 0 Å². The number of rotatable bonds is 1. The molecule has 2 aromatic rings. The van der Waals surface area contributed by atoms with Crippen LogP contribution in [0.25, 0.3) is 11.3 Å². The number of aromatic nitrogens is 2. The number of pyridine rings is 2. The van der Waals surface area contributed by atoms with E-state index >= 15 is 0 Å². The molecule has 0 amide bonds. The monoisotopic (exact) mass is 202 g/mol. The second-order valence-corrected chi connectivity index (χ2v) is 3.66. The average molecular weight is 202 g/mol. The summed E-state index contributed by atoms with van der Waals surface area (Å²) >= 11 is 5.09. The number of hydrogen-bond donors (Lipinski definition) is 1. The summed E-state index contributed by atoms with van der Waals surface area (Å²) in [4.78, 5) is 7.28. The Hall–Kier alpha value is -1.48. The van der Waals surface area contributed by atoms with Crippen LogP contribution in [0.2, 0.25) is 0 Å². The van der Waals surface area contributed by atoms with E-state index in [4.69, 9.17) is 12.2 Å². The van der Waals surface area contributed by atoms with Gasteiger partial charge < -0.3 is 4.98 Å². The van der Waals surface area contributed by atoms with Crippen LogP contribution in [0.15, 0.2) is 36.8 Å². The van der Waals surface area contributed by atoms with E-state index < -0.39 is 0 Å². The zero-order valence-corrected chi connectivity index (χ0v) is 8.64. The summed E-state index contributed by atoms with van der Waals surface area (Å²) in [5.74, 6) is 0. The molecule has 0 aliphatic carbocycles. The van der Waals surface area contributed by atoms with Crippen molar-refractivity contribution < 1.29 is 0 Å². The molecule has 3 heteroatoms. The van der Waals surface area contributed by atoms with Crippen molar-refractivity contribution in [3.05, 3.63) is 46.9 Å². The highest BCUT2D eigenvalue weighted by atomic mass is 32.1. The molecule has 1 N–H and O–H groups in total. The lowest BCUT2D eigenvalue weighted by atomic mass is 10.1. The molecular formula is C11H10N2S. The SMILES string of the molecule is Cc1cncc(-c2cc(=S)cc[nH]2)c1. The molecule has 0 aliphatic heterocycles.